The van der Waals surface area contributed by atoms with E-state index in [2.05, 4.69) is 5.32 Å². The van der Waals surface area contributed by atoms with E-state index in [1.165, 1.54) is 16.7 Å². The summed E-state index contributed by atoms with van der Waals surface area (Å²) in [5.74, 6) is -2.04. The minimum absolute atomic E-state index is 0.0964. The molecule has 2 N–H and O–H groups in total. The van der Waals surface area contributed by atoms with E-state index in [1.54, 1.807) is 40.9 Å². The molecule has 0 bridgehead atoms. The van der Waals surface area contributed by atoms with Crippen LogP contribution in [0.5, 0.6) is 0 Å². The van der Waals surface area contributed by atoms with Gasteiger partial charge in [0.15, 0.2) is 0 Å². The maximum Gasteiger partial charge on any atom is 0.410 e. The number of carboxylic acids is 1. The smallest absolute Gasteiger partial charge is 0.410 e. The minimum Gasteiger partial charge on any atom is -0.478 e. The van der Waals surface area contributed by atoms with E-state index in [0.717, 1.165) is 16.5 Å². The van der Waals surface area contributed by atoms with Crippen LogP contribution in [-0.4, -0.2) is 81.2 Å². The Labute approximate surface area is 268 Å². The van der Waals surface area contributed by atoms with Gasteiger partial charge in [0.2, 0.25) is 11.8 Å². The van der Waals surface area contributed by atoms with Crippen molar-refractivity contribution in [1.82, 2.24) is 19.7 Å². The van der Waals surface area contributed by atoms with E-state index in [1.807, 2.05) is 90.5 Å². The quantitative estimate of drug-likeness (QED) is 0.325. The lowest BCUT2D eigenvalue weighted by atomic mass is 9.76. The van der Waals surface area contributed by atoms with Crippen molar-refractivity contribution in [2.24, 2.45) is 18.4 Å². The van der Waals surface area contributed by atoms with Gasteiger partial charge < -0.3 is 24.6 Å². The number of aliphatic carboxylic acids is 1. The number of rotatable bonds is 10. The molecule has 1 heterocycles. The highest BCUT2D eigenvalue weighted by Crippen LogP contribution is 2.37. The summed E-state index contributed by atoms with van der Waals surface area (Å²) >= 11 is 0. The average Bonchev–Trinajstić information content (AvgIpc) is 3.24. The number of aryl methyl sites for hydroxylation is 1. The maximum absolute atomic E-state index is 14.5. The molecular weight excluding hydrogens is 572 g/mol. The third kappa shape index (κ3) is 8.67. The molecule has 0 aliphatic rings. The van der Waals surface area contributed by atoms with Crippen LogP contribution >= 0.6 is 0 Å². The lowest BCUT2D eigenvalue weighted by molar-refractivity contribution is -0.142. The van der Waals surface area contributed by atoms with Crippen LogP contribution in [0.1, 0.15) is 81.7 Å². The molecule has 10 nitrogen and oxygen atoms in total. The Kier molecular flexibility index (Phi) is 11.3. The number of amides is 3. The molecule has 0 fully saturated rings. The number of ether oxygens (including phenoxy) is 1. The fraction of sp³-hybridized carbons (Fsp3) is 0.600. The van der Waals surface area contributed by atoms with Crippen molar-refractivity contribution in [3.63, 3.8) is 0 Å². The standard InChI is InChI=1S/C35H54N4O6/c1-21(2)26(19-22(3)31(42)43)38(13)30(41)27(33(4,5)6)36-29(40)28(39(14)32(44)45-34(7,8)9)35(10,11)24-20-37(12)25-18-16-15-17-23(24)25/h15-21,26-28H,1-14H3,(H,36,40)(H,42,43)/b22-19+/t26-,27-,28-/m1/s1. The molecule has 0 saturated heterocycles. The highest BCUT2D eigenvalue weighted by Gasteiger charge is 2.46. The largest absolute Gasteiger partial charge is 0.478 e. The number of likely N-dealkylation sites (N-methyl/N-ethyl adjacent to an activating group) is 2. The SMILES string of the molecule is C/C(=C\[C@H](C(C)C)N(C)C(=O)[C@@H](NC(=O)[C@@H](N(C)C(=O)OC(C)(C)C)C(C)(C)c1cn(C)c2ccccc12)C(C)(C)C)C(=O)O. The minimum atomic E-state index is -1.07. The highest BCUT2D eigenvalue weighted by atomic mass is 16.6. The van der Waals surface area contributed by atoms with E-state index in [9.17, 15) is 24.3 Å². The van der Waals surface area contributed by atoms with Crippen LogP contribution in [0.3, 0.4) is 0 Å². The highest BCUT2D eigenvalue weighted by molar-refractivity contribution is 5.94. The zero-order valence-electron chi connectivity index (χ0n) is 29.6. The Morgan fingerprint density at radius 1 is 0.956 bits per heavy atom. The molecule has 250 valence electrons. The van der Waals surface area contributed by atoms with E-state index in [4.69, 9.17) is 4.74 Å². The maximum atomic E-state index is 14.5. The number of carbonyl (C=O) groups excluding carboxylic acids is 3. The first-order valence-electron chi connectivity index (χ1n) is 15.4. The summed E-state index contributed by atoms with van der Waals surface area (Å²) < 4.78 is 7.69. The van der Waals surface area contributed by atoms with E-state index in [-0.39, 0.29) is 17.4 Å². The molecule has 2 rings (SSSR count). The Bertz CT molecular complexity index is 1440. The summed E-state index contributed by atoms with van der Waals surface area (Å²) in [6.07, 6.45) is 2.87. The zero-order valence-corrected chi connectivity index (χ0v) is 29.6. The van der Waals surface area contributed by atoms with Crippen molar-refractivity contribution in [2.75, 3.05) is 14.1 Å². The second-order valence-electron chi connectivity index (χ2n) is 15.0. The molecule has 3 amide bonds. The number of carboxylic acid groups (broad SMARTS) is 1. The first-order valence-corrected chi connectivity index (χ1v) is 15.4. The summed E-state index contributed by atoms with van der Waals surface area (Å²) in [6.45, 7) is 20.0. The molecule has 0 aliphatic heterocycles. The number of hydrogen-bond acceptors (Lipinski definition) is 5. The van der Waals surface area contributed by atoms with Crippen LogP contribution in [0.15, 0.2) is 42.1 Å². The van der Waals surface area contributed by atoms with Crippen molar-refractivity contribution in [3.8, 4) is 0 Å². The van der Waals surface area contributed by atoms with Gasteiger partial charge in [-0.1, -0.05) is 72.7 Å². The van der Waals surface area contributed by atoms with E-state index in [0.29, 0.717) is 0 Å². The molecular formula is C35H54N4O6. The molecule has 0 unspecified atom stereocenters. The number of nitrogens with one attached hydrogen (secondary N) is 1. The Hall–Kier alpha value is -3.82. The first-order chi connectivity index (χ1) is 20.4. The van der Waals surface area contributed by atoms with E-state index >= 15 is 0 Å². The summed E-state index contributed by atoms with van der Waals surface area (Å²) in [5, 5.41) is 13.4. The fourth-order valence-corrected chi connectivity index (χ4v) is 5.73. The molecule has 0 aliphatic carbocycles. The number of carbonyl (C=O) groups is 4. The van der Waals surface area contributed by atoms with Gasteiger partial charge in [-0.15, -0.1) is 0 Å². The molecule has 1 aromatic heterocycles. The van der Waals surface area contributed by atoms with Gasteiger partial charge in [-0.25, -0.2) is 9.59 Å². The van der Waals surface area contributed by atoms with Crippen molar-refractivity contribution >= 4 is 34.8 Å². The fourth-order valence-electron chi connectivity index (χ4n) is 5.73. The molecule has 1 aromatic carbocycles. The predicted octanol–water partition coefficient (Wildman–Crippen LogP) is 5.74. The number of para-hydroxylation sites is 1. The van der Waals surface area contributed by atoms with Gasteiger partial charge >= 0.3 is 12.1 Å². The van der Waals surface area contributed by atoms with Gasteiger partial charge in [-0.3, -0.25) is 14.5 Å². The second-order valence-corrected chi connectivity index (χ2v) is 15.0. The summed E-state index contributed by atoms with van der Waals surface area (Å²) in [6, 6.07) is 5.28. The van der Waals surface area contributed by atoms with Gasteiger partial charge in [-0.05, 0) is 50.7 Å². The molecule has 10 heteroatoms. The summed E-state index contributed by atoms with van der Waals surface area (Å²) in [7, 11) is 5.09. The Balaban J connectivity index is 2.66. The predicted molar refractivity (Wildman–Crippen MR) is 178 cm³/mol. The van der Waals surface area contributed by atoms with Gasteiger partial charge in [0.05, 0.1) is 6.04 Å². The number of aromatic nitrogens is 1. The monoisotopic (exact) mass is 626 g/mol. The molecule has 0 spiro atoms. The lowest BCUT2D eigenvalue weighted by Crippen LogP contribution is -2.63. The molecule has 0 radical (unpaired) electrons. The third-order valence-electron chi connectivity index (χ3n) is 8.23. The van der Waals surface area contributed by atoms with Crippen molar-refractivity contribution in [3.05, 3.63) is 47.7 Å². The van der Waals surface area contributed by atoms with Gasteiger partial charge in [0, 0.05) is 49.2 Å². The first kappa shape index (κ1) is 37.4. The summed E-state index contributed by atoms with van der Waals surface area (Å²) in [5.41, 5.74) is -0.492. The van der Waals surface area contributed by atoms with Crippen LogP contribution in [0.2, 0.25) is 0 Å². The number of hydrogen-bond donors (Lipinski definition) is 2. The lowest BCUT2D eigenvalue weighted by Gasteiger charge is -2.42. The molecule has 3 atom stereocenters. The Morgan fingerprint density at radius 3 is 2.00 bits per heavy atom. The summed E-state index contributed by atoms with van der Waals surface area (Å²) in [4.78, 5) is 56.6. The molecule has 45 heavy (non-hydrogen) atoms. The van der Waals surface area contributed by atoms with Crippen LogP contribution in [-0.2, 0) is 31.6 Å². The number of fused-ring (bicyclic) bond motifs is 1. The average molecular weight is 627 g/mol. The van der Waals surface area contributed by atoms with Crippen LogP contribution in [0.25, 0.3) is 10.9 Å². The van der Waals surface area contributed by atoms with E-state index < -0.39 is 52.5 Å². The Morgan fingerprint density at radius 2 is 1.51 bits per heavy atom. The van der Waals surface area contributed by atoms with Crippen LogP contribution < -0.4 is 5.32 Å². The van der Waals surface area contributed by atoms with Crippen molar-refractivity contribution in [1.29, 1.82) is 0 Å². The normalized spacial score (nSPS) is 15.0. The third-order valence-corrected chi connectivity index (χ3v) is 8.23. The van der Waals surface area contributed by atoms with Crippen LogP contribution in [0.4, 0.5) is 4.79 Å². The number of benzene rings is 1. The van der Waals surface area contributed by atoms with Gasteiger partial charge in [0.25, 0.3) is 0 Å². The van der Waals surface area contributed by atoms with Gasteiger partial charge in [-0.2, -0.15) is 0 Å². The van der Waals surface area contributed by atoms with Crippen molar-refractivity contribution in [2.45, 2.75) is 105 Å². The molecule has 0 saturated carbocycles. The van der Waals surface area contributed by atoms with Crippen molar-refractivity contribution < 1.29 is 29.0 Å². The van der Waals surface area contributed by atoms with Crippen LogP contribution in [0, 0.1) is 11.3 Å². The van der Waals surface area contributed by atoms with Gasteiger partial charge in [0.1, 0.15) is 17.7 Å². The topological polar surface area (TPSA) is 121 Å². The zero-order chi connectivity index (χ0) is 34.8. The molecule has 2 aromatic rings. The number of nitrogens with zero attached hydrogens (tertiary/aromatic N) is 3. The second kappa shape index (κ2) is 13.7.